The number of fused-ring (bicyclic) bond motifs is 6. The Kier molecular flexibility index (Phi) is 8.04. The van der Waals surface area contributed by atoms with Gasteiger partial charge in [0.05, 0.1) is 16.8 Å². The molecular formula is C54H35NOS. The van der Waals surface area contributed by atoms with Crippen molar-refractivity contribution in [1.82, 2.24) is 0 Å². The maximum Gasteiger partial charge on any atom is 0.137 e. The van der Waals surface area contributed by atoms with Gasteiger partial charge in [0.2, 0.25) is 0 Å². The molecule has 268 valence electrons. The van der Waals surface area contributed by atoms with Crippen LogP contribution in [0.2, 0.25) is 0 Å². The van der Waals surface area contributed by atoms with Crippen LogP contribution in [0.3, 0.4) is 0 Å². The van der Waals surface area contributed by atoms with Crippen LogP contribution >= 0.6 is 11.3 Å². The highest BCUT2D eigenvalue weighted by Crippen LogP contribution is 2.50. The third-order valence-corrected chi connectivity index (χ3v) is 12.3. The Morgan fingerprint density at radius 2 is 0.912 bits per heavy atom. The van der Waals surface area contributed by atoms with E-state index in [0.29, 0.717) is 0 Å². The fourth-order valence-electron chi connectivity index (χ4n) is 8.36. The van der Waals surface area contributed by atoms with E-state index >= 15 is 0 Å². The summed E-state index contributed by atoms with van der Waals surface area (Å²) in [5.74, 6) is 0. The Labute approximate surface area is 335 Å². The molecule has 11 aromatic rings. The summed E-state index contributed by atoms with van der Waals surface area (Å²) in [6, 6.07) is 76.3. The smallest absolute Gasteiger partial charge is 0.137 e. The van der Waals surface area contributed by atoms with Crippen LogP contribution in [0.15, 0.2) is 217 Å². The molecule has 0 atom stereocenters. The molecule has 0 unspecified atom stereocenters. The van der Waals surface area contributed by atoms with Crippen molar-refractivity contribution < 1.29 is 4.42 Å². The Hall–Kier alpha value is -7.20. The molecule has 0 saturated carbocycles. The summed E-state index contributed by atoms with van der Waals surface area (Å²) in [4.78, 5) is 2.46. The van der Waals surface area contributed by atoms with Gasteiger partial charge in [-0.15, -0.1) is 11.3 Å². The predicted molar refractivity (Wildman–Crippen MR) is 243 cm³/mol. The van der Waals surface area contributed by atoms with E-state index in [4.69, 9.17) is 4.42 Å². The quantitative estimate of drug-likeness (QED) is 0.162. The molecule has 2 aromatic heterocycles. The molecule has 0 N–H and O–H groups in total. The fourth-order valence-corrected chi connectivity index (χ4v) is 9.62. The first-order chi connectivity index (χ1) is 28.3. The fraction of sp³-hybridized carbons (Fsp3) is 0. The molecule has 0 aliphatic carbocycles. The van der Waals surface area contributed by atoms with Crippen molar-refractivity contribution in [1.29, 1.82) is 0 Å². The molecule has 3 heteroatoms. The zero-order valence-electron chi connectivity index (χ0n) is 31.0. The number of rotatable bonds is 7. The second kappa shape index (κ2) is 13.8. The van der Waals surface area contributed by atoms with E-state index in [2.05, 4.69) is 217 Å². The van der Waals surface area contributed by atoms with Gasteiger partial charge in [0, 0.05) is 31.2 Å². The number of thiophene rings is 1. The molecular weight excluding hydrogens is 711 g/mol. The van der Waals surface area contributed by atoms with E-state index in [0.717, 1.165) is 50.1 Å². The average Bonchev–Trinajstić information content (AvgIpc) is 3.87. The van der Waals surface area contributed by atoms with Crippen molar-refractivity contribution in [3.8, 4) is 44.5 Å². The van der Waals surface area contributed by atoms with E-state index in [1.807, 2.05) is 11.3 Å². The molecule has 2 nitrogen and oxygen atoms in total. The van der Waals surface area contributed by atoms with E-state index in [9.17, 15) is 0 Å². The number of furan rings is 1. The normalized spacial score (nSPS) is 11.5. The van der Waals surface area contributed by atoms with Gasteiger partial charge >= 0.3 is 0 Å². The Bertz CT molecular complexity index is 3220. The first kappa shape index (κ1) is 33.2. The Balaban J connectivity index is 1.16. The minimum atomic E-state index is 0.859. The largest absolute Gasteiger partial charge is 0.456 e. The molecule has 9 aromatic carbocycles. The third-order valence-electron chi connectivity index (χ3n) is 11.1. The van der Waals surface area contributed by atoms with Crippen molar-refractivity contribution in [2.45, 2.75) is 0 Å². The molecule has 0 saturated heterocycles. The zero-order chi connectivity index (χ0) is 37.7. The van der Waals surface area contributed by atoms with Gasteiger partial charge in [-0.2, -0.15) is 0 Å². The lowest BCUT2D eigenvalue weighted by atomic mass is 9.98. The van der Waals surface area contributed by atoms with Crippen molar-refractivity contribution in [3.05, 3.63) is 212 Å². The molecule has 0 radical (unpaired) electrons. The van der Waals surface area contributed by atoms with Crippen LogP contribution in [0.1, 0.15) is 0 Å². The van der Waals surface area contributed by atoms with Gasteiger partial charge in [-0.25, -0.2) is 0 Å². The molecule has 2 heterocycles. The molecule has 0 aliphatic heterocycles. The van der Waals surface area contributed by atoms with Gasteiger partial charge in [-0.1, -0.05) is 164 Å². The first-order valence-corrected chi connectivity index (χ1v) is 20.1. The van der Waals surface area contributed by atoms with E-state index in [-0.39, 0.29) is 0 Å². The summed E-state index contributed by atoms with van der Waals surface area (Å²) in [5, 5.41) is 4.67. The lowest BCUT2D eigenvalue weighted by Gasteiger charge is -2.28. The Morgan fingerprint density at radius 1 is 0.351 bits per heavy atom. The van der Waals surface area contributed by atoms with Crippen LogP contribution in [-0.4, -0.2) is 0 Å². The maximum atomic E-state index is 6.71. The van der Waals surface area contributed by atoms with Crippen LogP contribution in [0.25, 0.3) is 86.6 Å². The molecule has 0 amide bonds. The number of hydrogen-bond donors (Lipinski definition) is 0. The van der Waals surface area contributed by atoms with Crippen LogP contribution in [-0.2, 0) is 0 Å². The third kappa shape index (κ3) is 5.80. The summed E-state index contributed by atoms with van der Waals surface area (Å²) >= 11 is 1.87. The van der Waals surface area contributed by atoms with Crippen LogP contribution in [0.5, 0.6) is 0 Å². The van der Waals surface area contributed by atoms with Gasteiger partial charge < -0.3 is 9.32 Å². The summed E-state index contributed by atoms with van der Waals surface area (Å²) in [7, 11) is 0. The number of anilines is 3. The second-order valence-electron chi connectivity index (χ2n) is 14.5. The topological polar surface area (TPSA) is 16.4 Å². The zero-order valence-corrected chi connectivity index (χ0v) is 31.8. The lowest BCUT2D eigenvalue weighted by molar-refractivity contribution is 0.669. The number of hydrogen-bond acceptors (Lipinski definition) is 3. The van der Waals surface area contributed by atoms with E-state index in [1.54, 1.807) is 0 Å². The van der Waals surface area contributed by atoms with E-state index < -0.39 is 0 Å². The SMILES string of the molecule is c1ccc(-c2ccc(-c3cccc(N(c4cccc5oc6cc(-c7ccccc7)ccc6c45)c4ccc(-c5ccccc5)c5sc6ccccc6c45)c3)cc2)cc1. The van der Waals surface area contributed by atoms with Crippen LogP contribution < -0.4 is 4.90 Å². The molecule has 57 heavy (non-hydrogen) atoms. The summed E-state index contributed by atoms with van der Waals surface area (Å²) in [6.45, 7) is 0. The molecule has 0 bridgehead atoms. The Morgan fingerprint density at radius 3 is 1.67 bits per heavy atom. The summed E-state index contributed by atoms with van der Waals surface area (Å²) in [6.07, 6.45) is 0. The predicted octanol–water partition coefficient (Wildman–Crippen LogP) is 16.1. The van der Waals surface area contributed by atoms with Gasteiger partial charge in [-0.05, 0) is 93.0 Å². The highest BCUT2D eigenvalue weighted by Gasteiger charge is 2.24. The van der Waals surface area contributed by atoms with E-state index in [1.165, 1.54) is 53.6 Å². The second-order valence-corrected chi connectivity index (χ2v) is 15.5. The minimum absolute atomic E-state index is 0.859. The highest BCUT2D eigenvalue weighted by molar-refractivity contribution is 7.26. The lowest BCUT2D eigenvalue weighted by Crippen LogP contribution is -2.11. The summed E-state index contributed by atoms with van der Waals surface area (Å²) in [5.41, 5.74) is 14.5. The molecule has 0 spiro atoms. The molecule has 11 rings (SSSR count). The maximum absolute atomic E-state index is 6.71. The van der Waals surface area contributed by atoms with Gasteiger partial charge in [0.25, 0.3) is 0 Å². The number of benzene rings is 9. The highest BCUT2D eigenvalue weighted by atomic mass is 32.1. The van der Waals surface area contributed by atoms with Crippen molar-refractivity contribution in [2.75, 3.05) is 4.90 Å². The van der Waals surface area contributed by atoms with Gasteiger partial charge in [-0.3, -0.25) is 0 Å². The van der Waals surface area contributed by atoms with Gasteiger partial charge in [0.1, 0.15) is 11.2 Å². The minimum Gasteiger partial charge on any atom is -0.456 e. The van der Waals surface area contributed by atoms with Gasteiger partial charge in [0.15, 0.2) is 0 Å². The number of nitrogens with zero attached hydrogens (tertiary/aromatic N) is 1. The van der Waals surface area contributed by atoms with Crippen LogP contribution in [0.4, 0.5) is 17.1 Å². The molecule has 0 fully saturated rings. The van der Waals surface area contributed by atoms with Crippen LogP contribution in [0, 0.1) is 0 Å². The first-order valence-electron chi connectivity index (χ1n) is 19.3. The summed E-state index contributed by atoms with van der Waals surface area (Å²) < 4.78 is 9.25. The standard InChI is InChI=1S/C54H35NOS/c1-4-14-36(15-5-1)38-26-28-39(29-27-38)41-20-12-21-43(34-41)55(47-23-13-24-49-52(47)45-31-30-42(35-50(45)56-49)37-16-6-2-7-17-37)48-33-32-44(40-18-8-3-9-19-40)54-53(48)46-22-10-11-25-51(46)57-54/h1-35H. The van der Waals surface area contributed by atoms with Crippen molar-refractivity contribution in [3.63, 3.8) is 0 Å². The average molecular weight is 746 g/mol. The van der Waals surface area contributed by atoms with Crippen molar-refractivity contribution >= 4 is 70.5 Å². The van der Waals surface area contributed by atoms with Crippen molar-refractivity contribution in [2.24, 2.45) is 0 Å². The molecule has 0 aliphatic rings. The monoisotopic (exact) mass is 745 g/mol.